The van der Waals surface area contributed by atoms with Crippen molar-refractivity contribution in [3.8, 4) is 22.9 Å². The van der Waals surface area contributed by atoms with Gasteiger partial charge in [0.1, 0.15) is 17.9 Å². The van der Waals surface area contributed by atoms with E-state index in [9.17, 15) is 0 Å². The maximum atomic E-state index is 6.75. The van der Waals surface area contributed by atoms with E-state index in [1.807, 2.05) is 18.5 Å². The number of piperidine rings is 1. The van der Waals surface area contributed by atoms with Crippen LogP contribution in [0.4, 0.5) is 5.82 Å². The number of nitrogens with zero attached hydrogens (tertiary/aromatic N) is 5. The summed E-state index contributed by atoms with van der Waals surface area (Å²) in [4.78, 5) is 15.7. The number of rotatable bonds is 4. The molecule has 7 heteroatoms. The van der Waals surface area contributed by atoms with Crippen molar-refractivity contribution in [2.45, 2.75) is 38.8 Å². The predicted molar refractivity (Wildman–Crippen MR) is 115 cm³/mol. The third kappa shape index (κ3) is 3.09. The van der Waals surface area contributed by atoms with Gasteiger partial charge in [-0.15, -0.1) is 0 Å². The fourth-order valence-electron chi connectivity index (χ4n) is 4.65. The number of fused-ring (bicyclic) bond motifs is 4. The molecular formula is C23H27N5O2. The zero-order valence-electron chi connectivity index (χ0n) is 17.7. The lowest BCUT2D eigenvalue weighted by Gasteiger charge is -2.45. The molecule has 0 unspecified atom stereocenters. The van der Waals surface area contributed by atoms with Gasteiger partial charge in [0.2, 0.25) is 5.88 Å². The number of aromatic nitrogens is 4. The standard InChI is InChI=1S/C23H27N5O2/c1-16(2)13-28-15-26-21-17-6-4-5-7-18(17)30-23(22(21)28)8-10-27(11-9-23)19-12-20(29-3)25-14-24-19/h4-7,12,14-16H,8-11,13H2,1-3H3. The average Bonchev–Trinajstić information content (AvgIpc) is 3.19. The molecule has 5 rings (SSSR count). The van der Waals surface area contributed by atoms with Crippen molar-refractivity contribution in [2.24, 2.45) is 5.92 Å². The van der Waals surface area contributed by atoms with Gasteiger partial charge in [0, 0.05) is 44.1 Å². The first kappa shape index (κ1) is 18.9. The molecule has 0 saturated carbocycles. The minimum atomic E-state index is -0.372. The Morgan fingerprint density at radius 1 is 1.13 bits per heavy atom. The lowest BCUT2D eigenvalue weighted by Crippen LogP contribution is -2.48. The molecule has 1 saturated heterocycles. The molecule has 1 aromatic carbocycles. The van der Waals surface area contributed by atoms with Crippen LogP contribution in [0.5, 0.6) is 11.6 Å². The van der Waals surface area contributed by atoms with E-state index in [0.717, 1.165) is 55.3 Å². The average molecular weight is 406 g/mol. The number of hydrogen-bond donors (Lipinski definition) is 0. The van der Waals surface area contributed by atoms with Crippen molar-refractivity contribution in [2.75, 3.05) is 25.1 Å². The summed E-state index contributed by atoms with van der Waals surface area (Å²) in [6.45, 7) is 7.09. The molecule has 2 aromatic heterocycles. The normalized spacial score (nSPS) is 16.9. The molecule has 30 heavy (non-hydrogen) atoms. The van der Waals surface area contributed by atoms with Gasteiger partial charge >= 0.3 is 0 Å². The topological polar surface area (TPSA) is 65.3 Å². The Balaban J connectivity index is 1.50. The zero-order valence-corrected chi connectivity index (χ0v) is 17.7. The summed E-state index contributed by atoms with van der Waals surface area (Å²) < 4.78 is 14.3. The van der Waals surface area contributed by atoms with Crippen molar-refractivity contribution in [3.63, 3.8) is 0 Å². The molecule has 0 aliphatic carbocycles. The van der Waals surface area contributed by atoms with E-state index in [0.29, 0.717) is 11.8 Å². The summed E-state index contributed by atoms with van der Waals surface area (Å²) in [6.07, 6.45) is 5.27. The minimum absolute atomic E-state index is 0.372. The summed E-state index contributed by atoms with van der Waals surface area (Å²) in [5, 5.41) is 0. The van der Waals surface area contributed by atoms with Crippen LogP contribution in [-0.4, -0.2) is 39.7 Å². The highest BCUT2D eigenvalue weighted by Crippen LogP contribution is 2.49. The Bertz CT molecular complexity index is 1050. The highest BCUT2D eigenvalue weighted by molar-refractivity contribution is 5.72. The Morgan fingerprint density at radius 3 is 2.70 bits per heavy atom. The van der Waals surface area contributed by atoms with Crippen LogP contribution in [0.2, 0.25) is 0 Å². The fourth-order valence-corrected chi connectivity index (χ4v) is 4.65. The largest absolute Gasteiger partial charge is 0.481 e. The Labute approximate surface area is 176 Å². The number of hydrogen-bond acceptors (Lipinski definition) is 6. The summed E-state index contributed by atoms with van der Waals surface area (Å²) in [6, 6.07) is 10.1. The molecule has 0 atom stereocenters. The van der Waals surface area contributed by atoms with Crippen LogP contribution in [0.3, 0.4) is 0 Å². The summed E-state index contributed by atoms with van der Waals surface area (Å²) in [7, 11) is 1.63. The maximum absolute atomic E-state index is 6.75. The Kier molecular flexibility index (Phi) is 4.60. The van der Waals surface area contributed by atoms with Gasteiger partial charge in [-0.05, 0) is 18.1 Å². The van der Waals surface area contributed by atoms with Gasteiger partial charge in [-0.25, -0.2) is 15.0 Å². The van der Waals surface area contributed by atoms with Crippen molar-refractivity contribution >= 4 is 5.82 Å². The molecule has 1 spiro atoms. The van der Waals surface area contributed by atoms with Crippen LogP contribution < -0.4 is 14.4 Å². The van der Waals surface area contributed by atoms with Crippen LogP contribution >= 0.6 is 0 Å². The SMILES string of the molecule is COc1cc(N2CCC3(CC2)Oc2ccccc2-c2ncn(CC(C)C)c23)ncn1. The highest BCUT2D eigenvalue weighted by Gasteiger charge is 2.46. The molecule has 1 fully saturated rings. The summed E-state index contributed by atoms with van der Waals surface area (Å²) in [5.74, 6) is 2.94. The first-order valence-electron chi connectivity index (χ1n) is 10.5. The number of imidazole rings is 1. The van der Waals surface area contributed by atoms with Crippen LogP contribution in [-0.2, 0) is 12.1 Å². The highest BCUT2D eigenvalue weighted by atomic mass is 16.5. The lowest BCUT2D eigenvalue weighted by atomic mass is 9.83. The van der Waals surface area contributed by atoms with E-state index >= 15 is 0 Å². The number of ether oxygens (including phenoxy) is 2. The number of anilines is 1. The third-order valence-corrected chi connectivity index (χ3v) is 6.01. The minimum Gasteiger partial charge on any atom is -0.481 e. The van der Waals surface area contributed by atoms with E-state index in [-0.39, 0.29) is 5.60 Å². The fraction of sp³-hybridized carbons (Fsp3) is 0.435. The summed E-state index contributed by atoms with van der Waals surface area (Å²) in [5.41, 5.74) is 3.00. The molecule has 0 N–H and O–H groups in total. The molecule has 2 aliphatic heterocycles. The molecule has 3 aromatic rings. The van der Waals surface area contributed by atoms with Gasteiger partial charge < -0.3 is 18.9 Å². The van der Waals surface area contributed by atoms with E-state index < -0.39 is 0 Å². The number of methoxy groups -OCH3 is 1. The molecule has 0 radical (unpaired) electrons. The second kappa shape index (κ2) is 7.31. The van der Waals surface area contributed by atoms with E-state index in [2.05, 4.69) is 51.5 Å². The van der Waals surface area contributed by atoms with Gasteiger partial charge in [-0.2, -0.15) is 0 Å². The molecule has 4 heterocycles. The molecular weight excluding hydrogens is 378 g/mol. The van der Waals surface area contributed by atoms with Gasteiger partial charge in [-0.3, -0.25) is 0 Å². The number of para-hydroxylation sites is 1. The second-order valence-corrected chi connectivity index (χ2v) is 8.49. The first-order valence-corrected chi connectivity index (χ1v) is 10.5. The van der Waals surface area contributed by atoms with Crippen LogP contribution in [0.25, 0.3) is 11.3 Å². The summed E-state index contributed by atoms with van der Waals surface area (Å²) >= 11 is 0. The molecule has 2 aliphatic rings. The number of benzene rings is 1. The predicted octanol–water partition coefficient (Wildman–Crippen LogP) is 3.89. The lowest BCUT2D eigenvalue weighted by molar-refractivity contribution is 0.0284. The molecule has 0 amide bonds. The maximum Gasteiger partial charge on any atom is 0.218 e. The molecule has 7 nitrogen and oxygen atoms in total. The van der Waals surface area contributed by atoms with Gasteiger partial charge in [0.15, 0.2) is 5.60 Å². The molecule has 0 bridgehead atoms. The van der Waals surface area contributed by atoms with E-state index in [1.54, 1.807) is 13.4 Å². The Morgan fingerprint density at radius 2 is 1.93 bits per heavy atom. The smallest absolute Gasteiger partial charge is 0.218 e. The quantitative estimate of drug-likeness (QED) is 0.656. The molecule has 156 valence electrons. The second-order valence-electron chi connectivity index (χ2n) is 8.49. The van der Waals surface area contributed by atoms with Gasteiger partial charge in [0.05, 0.1) is 24.8 Å². The van der Waals surface area contributed by atoms with Gasteiger partial charge in [-0.1, -0.05) is 26.0 Å². The van der Waals surface area contributed by atoms with Crippen LogP contribution in [0, 0.1) is 5.92 Å². The Hall–Kier alpha value is -3.09. The van der Waals surface area contributed by atoms with Crippen molar-refractivity contribution in [1.29, 1.82) is 0 Å². The van der Waals surface area contributed by atoms with Crippen molar-refractivity contribution in [3.05, 3.63) is 48.7 Å². The van der Waals surface area contributed by atoms with Gasteiger partial charge in [0.25, 0.3) is 0 Å². The monoisotopic (exact) mass is 405 g/mol. The van der Waals surface area contributed by atoms with Crippen molar-refractivity contribution in [1.82, 2.24) is 19.5 Å². The zero-order chi connectivity index (χ0) is 20.7. The van der Waals surface area contributed by atoms with Crippen LogP contribution in [0.15, 0.2) is 43.0 Å². The van der Waals surface area contributed by atoms with Crippen molar-refractivity contribution < 1.29 is 9.47 Å². The third-order valence-electron chi connectivity index (χ3n) is 6.01. The van der Waals surface area contributed by atoms with E-state index in [4.69, 9.17) is 14.5 Å². The first-order chi connectivity index (χ1) is 14.6. The van der Waals surface area contributed by atoms with Crippen LogP contribution in [0.1, 0.15) is 32.4 Å². The van der Waals surface area contributed by atoms with E-state index in [1.165, 1.54) is 5.69 Å².